The SMILES string of the molecule is Cc1ccc(-n2ncc(C(=O)Nc3nccs3)c2C2CCN(C(=O)OC(C)(C)C)CC2)cc1C. The number of likely N-dealkylation sites (tertiary alicyclic amines) is 1. The molecule has 3 heterocycles. The van der Waals surface area contributed by atoms with Crippen LogP contribution in [0.2, 0.25) is 0 Å². The number of amides is 2. The van der Waals surface area contributed by atoms with Gasteiger partial charge in [-0.15, -0.1) is 11.3 Å². The Labute approximate surface area is 203 Å². The Balaban J connectivity index is 1.62. The lowest BCUT2D eigenvalue weighted by molar-refractivity contribution is 0.0203. The van der Waals surface area contributed by atoms with Crippen LogP contribution in [0.15, 0.2) is 36.0 Å². The molecule has 0 aliphatic carbocycles. The van der Waals surface area contributed by atoms with Crippen LogP contribution in [0.25, 0.3) is 5.69 Å². The molecular weight excluding hydrogens is 450 g/mol. The molecular formula is C25H31N5O3S. The Bertz CT molecular complexity index is 1170. The lowest BCUT2D eigenvalue weighted by atomic mass is 9.90. The number of ether oxygens (including phenoxy) is 1. The van der Waals surface area contributed by atoms with Crippen molar-refractivity contribution in [2.45, 2.75) is 59.0 Å². The van der Waals surface area contributed by atoms with Crippen LogP contribution in [-0.2, 0) is 4.74 Å². The predicted octanol–water partition coefficient (Wildman–Crippen LogP) is 5.31. The van der Waals surface area contributed by atoms with Gasteiger partial charge in [0.25, 0.3) is 5.91 Å². The minimum absolute atomic E-state index is 0.0693. The quantitative estimate of drug-likeness (QED) is 0.545. The summed E-state index contributed by atoms with van der Waals surface area (Å²) in [4.78, 5) is 31.6. The van der Waals surface area contributed by atoms with Crippen LogP contribution in [0.5, 0.6) is 0 Å². The number of aryl methyl sites for hydroxylation is 2. The van der Waals surface area contributed by atoms with Gasteiger partial charge in [0.15, 0.2) is 5.13 Å². The average molecular weight is 482 g/mol. The lowest BCUT2D eigenvalue weighted by Gasteiger charge is -2.34. The predicted molar refractivity (Wildman–Crippen MR) is 133 cm³/mol. The van der Waals surface area contributed by atoms with Crippen molar-refractivity contribution in [2.24, 2.45) is 0 Å². The van der Waals surface area contributed by atoms with Gasteiger partial charge in [-0.1, -0.05) is 6.07 Å². The Morgan fingerprint density at radius 1 is 1.15 bits per heavy atom. The van der Waals surface area contributed by atoms with E-state index < -0.39 is 5.60 Å². The molecule has 9 heteroatoms. The van der Waals surface area contributed by atoms with E-state index in [-0.39, 0.29) is 17.9 Å². The number of thiazole rings is 1. The van der Waals surface area contributed by atoms with Crippen molar-refractivity contribution < 1.29 is 14.3 Å². The highest BCUT2D eigenvalue weighted by atomic mass is 32.1. The molecule has 4 rings (SSSR count). The largest absolute Gasteiger partial charge is 0.444 e. The van der Waals surface area contributed by atoms with Gasteiger partial charge in [-0.3, -0.25) is 10.1 Å². The van der Waals surface area contributed by atoms with E-state index in [0.717, 1.165) is 16.9 Å². The van der Waals surface area contributed by atoms with E-state index >= 15 is 0 Å². The first-order valence-electron chi connectivity index (χ1n) is 11.5. The third-order valence-electron chi connectivity index (χ3n) is 5.97. The number of hydrogen-bond donors (Lipinski definition) is 1. The van der Waals surface area contributed by atoms with Gasteiger partial charge < -0.3 is 9.64 Å². The van der Waals surface area contributed by atoms with Crippen molar-refractivity contribution in [3.63, 3.8) is 0 Å². The minimum atomic E-state index is -0.531. The molecule has 2 aromatic heterocycles. The lowest BCUT2D eigenvalue weighted by Crippen LogP contribution is -2.41. The Kier molecular flexibility index (Phi) is 6.74. The molecule has 1 aromatic carbocycles. The maximum absolute atomic E-state index is 13.2. The van der Waals surface area contributed by atoms with Crippen molar-refractivity contribution in [1.29, 1.82) is 0 Å². The van der Waals surface area contributed by atoms with Crippen molar-refractivity contribution in [3.05, 3.63) is 58.4 Å². The molecule has 8 nitrogen and oxygen atoms in total. The highest BCUT2D eigenvalue weighted by Gasteiger charge is 2.32. The summed E-state index contributed by atoms with van der Waals surface area (Å²) >= 11 is 1.37. The number of nitrogens with one attached hydrogen (secondary N) is 1. The van der Waals surface area contributed by atoms with E-state index in [0.29, 0.717) is 36.6 Å². The van der Waals surface area contributed by atoms with Crippen molar-refractivity contribution in [1.82, 2.24) is 19.7 Å². The molecule has 34 heavy (non-hydrogen) atoms. The van der Waals surface area contributed by atoms with Crippen molar-refractivity contribution in [2.75, 3.05) is 18.4 Å². The first kappa shape index (κ1) is 23.9. The highest BCUT2D eigenvalue weighted by Crippen LogP contribution is 2.33. The summed E-state index contributed by atoms with van der Waals surface area (Å²) in [6.45, 7) is 10.9. The Morgan fingerprint density at radius 2 is 1.88 bits per heavy atom. The van der Waals surface area contributed by atoms with E-state index in [1.807, 2.05) is 36.9 Å². The monoisotopic (exact) mass is 481 g/mol. The fraction of sp³-hybridized carbons (Fsp3) is 0.440. The number of carbonyl (C=O) groups excluding carboxylic acids is 2. The van der Waals surface area contributed by atoms with Crippen LogP contribution in [0.1, 0.15) is 66.7 Å². The molecule has 0 unspecified atom stereocenters. The number of benzene rings is 1. The van der Waals surface area contributed by atoms with Crippen LogP contribution in [0.4, 0.5) is 9.93 Å². The number of anilines is 1. The molecule has 0 spiro atoms. The molecule has 0 saturated carbocycles. The van der Waals surface area contributed by atoms with Gasteiger partial charge in [0.1, 0.15) is 5.60 Å². The van der Waals surface area contributed by atoms with Gasteiger partial charge in [-0.05, 0) is 70.7 Å². The smallest absolute Gasteiger partial charge is 0.410 e. The van der Waals surface area contributed by atoms with Crippen LogP contribution in [-0.4, -0.2) is 50.4 Å². The van der Waals surface area contributed by atoms with Crippen molar-refractivity contribution >= 4 is 28.5 Å². The fourth-order valence-corrected chi connectivity index (χ4v) is 4.62. The number of aromatic nitrogens is 3. The first-order valence-corrected chi connectivity index (χ1v) is 12.3. The molecule has 1 saturated heterocycles. The molecule has 180 valence electrons. The topological polar surface area (TPSA) is 89.4 Å². The normalized spacial score (nSPS) is 14.8. The molecule has 1 aliphatic rings. The van der Waals surface area contributed by atoms with Gasteiger partial charge in [-0.2, -0.15) is 5.10 Å². The second-order valence-corrected chi connectivity index (χ2v) is 10.6. The summed E-state index contributed by atoms with van der Waals surface area (Å²) in [7, 11) is 0. The molecule has 1 N–H and O–H groups in total. The summed E-state index contributed by atoms with van der Waals surface area (Å²) in [5.74, 6) is -0.158. The number of carbonyl (C=O) groups is 2. The maximum Gasteiger partial charge on any atom is 0.410 e. The van der Waals surface area contributed by atoms with Crippen LogP contribution < -0.4 is 5.32 Å². The standard InChI is InChI=1S/C25H31N5O3S/c1-16-6-7-19(14-17(16)2)30-21(20(15-27-30)22(31)28-23-26-10-13-34-23)18-8-11-29(12-9-18)24(32)33-25(3,4)5/h6-7,10,13-15,18H,8-9,11-12H2,1-5H3,(H,26,28,31). The zero-order valence-corrected chi connectivity index (χ0v) is 21.1. The summed E-state index contributed by atoms with van der Waals surface area (Å²) in [5, 5.41) is 9.88. The summed E-state index contributed by atoms with van der Waals surface area (Å²) in [6.07, 6.45) is 4.43. The molecule has 2 amide bonds. The second kappa shape index (κ2) is 9.58. The van der Waals surface area contributed by atoms with Gasteiger partial charge in [-0.25, -0.2) is 14.5 Å². The number of piperidine rings is 1. The van der Waals surface area contributed by atoms with Gasteiger partial charge >= 0.3 is 6.09 Å². The van der Waals surface area contributed by atoms with Crippen molar-refractivity contribution in [3.8, 4) is 5.69 Å². The van der Waals surface area contributed by atoms with Crippen LogP contribution >= 0.6 is 11.3 Å². The van der Waals surface area contributed by atoms with E-state index in [2.05, 4.69) is 41.4 Å². The van der Waals surface area contributed by atoms with Gasteiger partial charge in [0.2, 0.25) is 0 Å². The zero-order valence-electron chi connectivity index (χ0n) is 20.3. The highest BCUT2D eigenvalue weighted by molar-refractivity contribution is 7.13. The molecule has 1 aliphatic heterocycles. The van der Waals surface area contributed by atoms with Gasteiger partial charge in [0.05, 0.1) is 23.1 Å². The van der Waals surface area contributed by atoms with E-state index in [4.69, 9.17) is 4.74 Å². The summed E-state index contributed by atoms with van der Waals surface area (Å²) < 4.78 is 7.41. The third-order valence-corrected chi connectivity index (χ3v) is 6.66. The summed E-state index contributed by atoms with van der Waals surface area (Å²) in [5.41, 5.74) is 4.14. The van der Waals surface area contributed by atoms with E-state index in [1.54, 1.807) is 17.3 Å². The van der Waals surface area contributed by atoms with Gasteiger partial charge in [0, 0.05) is 30.6 Å². The molecule has 0 atom stereocenters. The van der Waals surface area contributed by atoms with Crippen LogP contribution in [0, 0.1) is 13.8 Å². The number of nitrogens with zero attached hydrogens (tertiary/aromatic N) is 4. The second-order valence-electron chi connectivity index (χ2n) is 9.66. The zero-order chi connectivity index (χ0) is 24.5. The number of rotatable bonds is 4. The average Bonchev–Trinajstić information content (AvgIpc) is 3.44. The summed E-state index contributed by atoms with van der Waals surface area (Å²) in [6, 6.07) is 6.18. The molecule has 0 radical (unpaired) electrons. The van der Waals surface area contributed by atoms with E-state index in [1.165, 1.54) is 16.9 Å². The Hall–Kier alpha value is -3.20. The Morgan fingerprint density at radius 3 is 2.50 bits per heavy atom. The maximum atomic E-state index is 13.2. The van der Waals surface area contributed by atoms with Crippen LogP contribution in [0.3, 0.4) is 0 Å². The van der Waals surface area contributed by atoms with E-state index in [9.17, 15) is 9.59 Å². The molecule has 1 fully saturated rings. The molecule has 3 aromatic rings. The minimum Gasteiger partial charge on any atom is -0.444 e. The molecule has 0 bridgehead atoms. The first-order chi connectivity index (χ1) is 16.1. The fourth-order valence-electron chi connectivity index (χ4n) is 4.10. The third kappa shape index (κ3) is 5.30. The number of hydrogen-bond acceptors (Lipinski definition) is 6.